The maximum absolute atomic E-state index is 4.40. The van der Waals surface area contributed by atoms with Crippen molar-refractivity contribution in [2.45, 2.75) is 13.8 Å². The van der Waals surface area contributed by atoms with Crippen molar-refractivity contribution in [3.63, 3.8) is 0 Å². The van der Waals surface area contributed by atoms with E-state index in [2.05, 4.69) is 44.0 Å². The van der Waals surface area contributed by atoms with E-state index in [1.54, 1.807) is 0 Å². The van der Waals surface area contributed by atoms with E-state index in [0.717, 1.165) is 27.2 Å². The Morgan fingerprint density at radius 1 is 1.14 bits per heavy atom. The molecule has 0 amide bonds. The van der Waals surface area contributed by atoms with Gasteiger partial charge >= 0.3 is 0 Å². The summed E-state index contributed by atoms with van der Waals surface area (Å²) in [7, 11) is 0. The number of allylic oxidation sites excluding steroid dienone is 9. The zero-order valence-corrected chi connectivity index (χ0v) is 13.6. The molecule has 1 rings (SSSR count). The first-order valence-corrected chi connectivity index (χ1v) is 7.35. The third kappa shape index (κ3) is 5.49. The van der Waals surface area contributed by atoms with Gasteiger partial charge < -0.3 is 0 Å². The van der Waals surface area contributed by atoms with Gasteiger partial charge in [-0.05, 0) is 48.3 Å². The molecule has 0 fully saturated rings. The lowest BCUT2D eigenvalue weighted by Crippen LogP contribution is -1.85. The van der Waals surface area contributed by atoms with Crippen LogP contribution in [0.5, 0.6) is 0 Å². The summed E-state index contributed by atoms with van der Waals surface area (Å²) in [5.41, 5.74) is 4.24. The molecule has 21 heavy (non-hydrogen) atoms. The van der Waals surface area contributed by atoms with Crippen molar-refractivity contribution in [2.24, 2.45) is 0 Å². The van der Waals surface area contributed by atoms with Gasteiger partial charge in [-0.1, -0.05) is 67.8 Å². The summed E-state index contributed by atoms with van der Waals surface area (Å²) in [4.78, 5) is 0.919. The zero-order valence-electron chi connectivity index (χ0n) is 12.7. The van der Waals surface area contributed by atoms with Crippen molar-refractivity contribution in [3.05, 3.63) is 96.0 Å². The third-order valence-electron chi connectivity index (χ3n) is 2.99. The van der Waals surface area contributed by atoms with Crippen molar-refractivity contribution < 1.29 is 0 Å². The first-order valence-electron chi connectivity index (χ1n) is 6.90. The summed E-state index contributed by atoms with van der Waals surface area (Å²) >= 11 is 4.40. The fraction of sp³-hybridized carbons (Fsp3) is 0.100. The van der Waals surface area contributed by atoms with Gasteiger partial charge in [0, 0.05) is 4.91 Å². The SMILES string of the molecule is C=C/C(=C\C(S)=C/C)c1cccc(C(=C)/C=C\C=C/C)c1. The van der Waals surface area contributed by atoms with Crippen LogP contribution in [-0.4, -0.2) is 0 Å². The van der Waals surface area contributed by atoms with Gasteiger partial charge in [0.25, 0.3) is 0 Å². The summed E-state index contributed by atoms with van der Waals surface area (Å²) < 4.78 is 0. The van der Waals surface area contributed by atoms with Crippen LogP contribution >= 0.6 is 12.6 Å². The van der Waals surface area contributed by atoms with Crippen LogP contribution < -0.4 is 0 Å². The summed E-state index contributed by atoms with van der Waals surface area (Å²) in [6, 6.07) is 8.28. The Hall–Kier alpha value is -1.99. The van der Waals surface area contributed by atoms with E-state index >= 15 is 0 Å². The van der Waals surface area contributed by atoms with Gasteiger partial charge in [-0.25, -0.2) is 0 Å². The maximum atomic E-state index is 4.40. The van der Waals surface area contributed by atoms with E-state index in [4.69, 9.17) is 0 Å². The minimum absolute atomic E-state index is 0.919. The quantitative estimate of drug-likeness (QED) is 0.466. The summed E-state index contributed by atoms with van der Waals surface area (Å²) in [5.74, 6) is 0. The van der Waals surface area contributed by atoms with Gasteiger partial charge in [-0.15, -0.1) is 12.6 Å². The molecule has 0 heterocycles. The van der Waals surface area contributed by atoms with E-state index in [1.807, 2.05) is 62.4 Å². The van der Waals surface area contributed by atoms with Crippen LogP contribution in [-0.2, 0) is 0 Å². The molecule has 0 radical (unpaired) electrons. The highest BCUT2D eigenvalue weighted by Crippen LogP contribution is 2.23. The number of benzene rings is 1. The summed E-state index contributed by atoms with van der Waals surface area (Å²) in [5, 5.41) is 0. The molecule has 0 saturated carbocycles. The van der Waals surface area contributed by atoms with Gasteiger partial charge in [0.1, 0.15) is 0 Å². The lowest BCUT2D eigenvalue weighted by atomic mass is 9.99. The molecule has 108 valence electrons. The van der Waals surface area contributed by atoms with Gasteiger partial charge in [-0.2, -0.15) is 0 Å². The second-order valence-electron chi connectivity index (χ2n) is 4.51. The van der Waals surface area contributed by atoms with Gasteiger partial charge in [0.05, 0.1) is 0 Å². The highest BCUT2D eigenvalue weighted by atomic mass is 32.1. The average Bonchev–Trinajstić information content (AvgIpc) is 2.52. The standard InChI is InChI=1S/C20H22S/c1-5-8-9-11-16(4)18-12-10-13-19(14-18)17(6-2)15-20(21)7-3/h5-15,21H,2,4H2,1,3H3/b8-5-,11-9-,17-15+,20-7+. The molecule has 0 saturated heterocycles. The lowest BCUT2D eigenvalue weighted by molar-refractivity contribution is 1.56. The molecular formula is C20H22S. The molecule has 1 aromatic rings. The highest BCUT2D eigenvalue weighted by molar-refractivity contribution is 7.84. The molecule has 1 heteroatoms. The fourth-order valence-electron chi connectivity index (χ4n) is 1.78. The predicted octanol–water partition coefficient (Wildman–Crippen LogP) is 6.24. The van der Waals surface area contributed by atoms with Crippen molar-refractivity contribution in [3.8, 4) is 0 Å². The van der Waals surface area contributed by atoms with Crippen molar-refractivity contribution in [2.75, 3.05) is 0 Å². The molecule has 0 spiro atoms. The number of thiol groups is 1. The molecule has 0 unspecified atom stereocenters. The minimum atomic E-state index is 0.919. The predicted molar refractivity (Wildman–Crippen MR) is 100 cm³/mol. The lowest BCUT2D eigenvalue weighted by Gasteiger charge is -2.07. The van der Waals surface area contributed by atoms with Crippen molar-refractivity contribution >= 4 is 23.8 Å². The molecule has 0 aliphatic carbocycles. The van der Waals surface area contributed by atoms with Crippen LogP contribution in [0.15, 0.2) is 84.9 Å². The third-order valence-corrected chi connectivity index (χ3v) is 3.37. The maximum Gasteiger partial charge on any atom is 0.000339 e. The summed E-state index contributed by atoms with van der Waals surface area (Å²) in [6.45, 7) is 11.9. The Bertz CT molecular complexity index is 625. The number of hydrogen-bond acceptors (Lipinski definition) is 1. The second kappa shape index (κ2) is 9.04. The van der Waals surface area contributed by atoms with Gasteiger partial charge in [0.2, 0.25) is 0 Å². The van der Waals surface area contributed by atoms with Crippen LogP contribution in [0, 0.1) is 0 Å². The fourth-order valence-corrected chi connectivity index (χ4v) is 1.92. The molecule has 0 bridgehead atoms. The van der Waals surface area contributed by atoms with E-state index < -0.39 is 0 Å². The second-order valence-corrected chi connectivity index (χ2v) is 5.02. The van der Waals surface area contributed by atoms with Crippen molar-refractivity contribution in [1.82, 2.24) is 0 Å². The molecule has 1 aromatic carbocycles. The molecule has 0 aromatic heterocycles. The van der Waals surface area contributed by atoms with Crippen LogP contribution in [0.4, 0.5) is 0 Å². The van der Waals surface area contributed by atoms with Crippen LogP contribution in [0.1, 0.15) is 25.0 Å². The molecule has 0 aliphatic rings. The first-order chi connectivity index (χ1) is 10.1. The monoisotopic (exact) mass is 294 g/mol. The number of hydrogen-bond donors (Lipinski definition) is 1. The van der Waals surface area contributed by atoms with Crippen LogP contribution in [0.25, 0.3) is 11.1 Å². The molecule has 0 aliphatic heterocycles. The van der Waals surface area contributed by atoms with Crippen LogP contribution in [0.3, 0.4) is 0 Å². The Kier molecular flexibility index (Phi) is 7.34. The van der Waals surface area contributed by atoms with E-state index in [1.165, 1.54) is 0 Å². The average molecular weight is 294 g/mol. The Labute approximate surface area is 134 Å². The molecular weight excluding hydrogens is 272 g/mol. The van der Waals surface area contributed by atoms with E-state index in [0.29, 0.717) is 0 Å². The first kappa shape index (κ1) is 17.1. The Morgan fingerprint density at radius 2 is 1.86 bits per heavy atom. The zero-order chi connectivity index (χ0) is 15.7. The smallest absolute Gasteiger partial charge is 0.000339 e. The van der Waals surface area contributed by atoms with E-state index in [-0.39, 0.29) is 0 Å². The Morgan fingerprint density at radius 3 is 2.48 bits per heavy atom. The summed E-state index contributed by atoms with van der Waals surface area (Å²) in [6.07, 6.45) is 13.8. The molecule has 0 nitrogen and oxygen atoms in total. The topological polar surface area (TPSA) is 0 Å². The molecule has 0 N–H and O–H groups in total. The van der Waals surface area contributed by atoms with Gasteiger partial charge in [-0.3, -0.25) is 0 Å². The number of rotatable bonds is 6. The van der Waals surface area contributed by atoms with Crippen molar-refractivity contribution in [1.29, 1.82) is 0 Å². The largest absolute Gasteiger partial charge is 0.144 e. The Balaban J connectivity index is 3.12. The van der Waals surface area contributed by atoms with Gasteiger partial charge in [0.15, 0.2) is 0 Å². The van der Waals surface area contributed by atoms with E-state index in [9.17, 15) is 0 Å². The highest BCUT2D eigenvalue weighted by Gasteiger charge is 2.01. The minimum Gasteiger partial charge on any atom is -0.144 e. The normalized spacial score (nSPS) is 13.1. The van der Waals surface area contributed by atoms with Crippen LogP contribution in [0.2, 0.25) is 0 Å². The molecule has 0 atom stereocenters.